The molecule has 0 aromatic heterocycles. The van der Waals surface area contributed by atoms with Crippen LogP contribution in [0.3, 0.4) is 0 Å². The van der Waals surface area contributed by atoms with Crippen molar-refractivity contribution in [2.45, 2.75) is 26.4 Å². The third kappa shape index (κ3) is 1.27. The molecule has 3 nitrogen and oxygen atoms in total. The summed E-state index contributed by atoms with van der Waals surface area (Å²) in [5.41, 5.74) is -0.924. The van der Waals surface area contributed by atoms with Gasteiger partial charge in [0.25, 0.3) is 0 Å². The van der Waals surface area contributed by atoms with E-state index in [0.717, 1.165) is 6.29 Å². The van der Waals surface area contributed by atoms with Gasteiger partial charge >= 0.3 is 0 Å². The number of hydrogen-bond acceptors (Lipinski definition) is 3. The van der Waals surface area contributed by atoms with Crippen LogP contribution in [0.1, 0.15) is 20.8 Å². The van der Waals surface area contributed by atoms with Gasteiger partial charge < -0.3 is 14.3 Å². The minimum Gasteiger partial charge on any atom is -0.377 e. The van der Waals surface area contributed by atoms with E-state index >= 15 is 0 Å². The van der Waals surface area contributed by atoms with Gasteiger partial charge in [-0.3, -0.25) is 0 Å². The van der Waals surface area contributed by atoms with Crippen molar-refractivity contribution < 1.29 is 14.3 Å². The molecule has 0 N–H and O–H groups in total. The average Bonchev–Trinajstić information content (AvgIpc) is 2.29. The Balaban J connectivity index is 2.83. The quantitative estimate of drug-likeness (QED) is 0.596. The van der Waals surface area contributed by atoms with Crippen LogP contribution < -0.4 is 0 Å². The number of ether oxygens (including phenoxy) is 2. The van der Waals surface area contributed by atoms with Gasteiger partial charge in [-0.05, 0) is 6.92 Å². The van der Waals surface area contributed by atoms with Gasteiger partial charge in [0.1, 0.15) is 0 Å². The predicted molar refractivity (Wildman–Crippen MR) is 45.0 cm³/mol. The number of rotatable bonds is 3. The maximum atomic E-state index is 10.9. The summed E-state index contributed by atoms with van der Waals surface area (Å²) in [5.74, 6) is 0. The van der Waals surface area contributed by atoms with E-state index in [1.807, 2.05) is 20.8 Å². The zero-order valence-corrected chi connectivity index (χ0v) is 7.92. The summed E-state index contributed by atoms with van der Waals surface area (Å²) in [7, 11) is 0. The van der Waals surface area contributed by atoms with Crippen LogP contribution in [0.25, 0.3) is 0 Å². The van der Waals surface area contributed by atoms with Crippen LogP contribution in [0.5, 0.6) is 0 Å². The zero-order chi connectivity index (χ0) is 9.24. The summed E-state index contributed by atoms with van der Waals surface area (Å²) in [6.07, 6.45) is 0.878. The second-order valence-corrected chi connectivity index (χ2v) is 3.82. The van der Waals surface area contributed by atoms with E-state index in [9.17, 15) is 4.79 Å². The summed E-state index contributed by atoms with van der Waals surface area (Å²) in [4.78, 5) is 10.9. The van der Waals surface area contributed by atoms with E-state index in [4.69, 9.17) is 9.47 Å². The Bertz CT molecular complexity index is 177. The van der Waals surface area contributed by atoms with Gasteiger partial charge in [-0.1, -0.05) is 13.8 Å². The molecule has 0 amide bonds. The maximum Gasteiger partial charge on any atom is 0.154 e. The molecule has 0 radical (unpaired) electrons. The van der Waals surface area contributed by atoms with E-state index < -0.39 is 5.60 Å². The first-order chi connectivity index (χ1) is 5.58. The minimum absolute atomic E-state index is 0.204. The standard InChI is InChI=1S/C9H16O3/c1-4-12-9(5-10)7-11-6-8(9,2)3/h5H,4,6-7H2,1-3H3. The van der Waals surface area contributed by atoms with Gasteiger partial charge in [0.15, 0.2) is 11.9 Å². The largest absolute Gasteiger partial charge is 0.377 e. The topological polar surface area (TPSA) is 35.5 Å². The van der Waals surface area contributed by atoms with E-state index in [2.05, 4.69) is 0 Å². The lowest BCUT2D eigenvalue weighted by Crippen LogP contribution is -2.47. The molecule has 0 bridgehead atoms. The Morgan fingerprint density at radius 3 is 2.50 bits per heavy atom. The Hall–Kier alpha value is -0.410. The lowest BCUT2D eigenvalue weighted by Gasteiger charge is -2.33. The van der Waals surface area contributed by atoms with Crippen LogP contribution in [-0.4, -0.2) is 31.7 Å². The van der Waals surface area contributed by atoms with Crippen molar-refractivity contribution in [2.24, 2.45) is 5.41 Å². The van der Waals surface area contributed by atoms with Crippen molar-refractivity contribution in [3.05, 3.63) is 0 Å². The molecule has 0 saturated carbocycles. The lowest BCUT2D eigenvalue weighted by atomic mass is 9.78. The van der Waals surface area contributed by atoms with Gasteiger partial charge in [-0.25, -0.2) is 0 Å². The Labute approximate surface area is 73.0 Å². The first-order valence-corrected chi connectivity index (χ1v) is 4.26. The summed E-state index contributed by atoms with van der Waals surface area (Å²) in [5, 5.41) is 0. The Kier molecular flexibility index (Phi) is 2.54. The first kappa shape index (κ1) is 9.68. The maximum absolute atomic E-state index is 10.9. The third-order valence-corrected chi connectivity index (χ3v) is 2.52. The summed E-state index contributed by atoms with van der Waals surface area (Å²) in [6, 6.07) is 0. The van der Waals surface area contributed by atoms with Crippen molar-refractivity contribution in [1.82, 2.24) is 0 Å². The van der Waals surface area contributed by atoms with Crippen molar-refractivity contribution >= 4 is 6.29 Å². The molecule has 0 aromatic rings. The van der Waals surface area contributed by atoms with Crippen LogP contribution >= 0.6 is 0 Å². The smallest absolute Gasteiger partial charge is 0.154 e. The number of carbonyl (C=O) groups excluding carboxylic acids is 1. The second-order valence-electron chi connectivity index (χ2n) is 3.82. The molecule has 0 aromatic carbocycles. The van der Waals surface area contributed by atoms with Crippen molar-refractivity contribution in [1.29, 1.82) is 0 Å². The molecular weight excluding hydrogens is 156 g/mol. The van der Waals surface area contributed by atoms with Crippen LogP contribution in [-0.2, 0) is 14.3 Å². The highest BCUT2D eigenvalue weighted by molar-refractivity contribution is 5.65. The molecule has 1 aliphatic rings. The van der Waals surface area contributed by atoms with Gasteiger partial charge in [-0.2, -0.15) is 0 Å². The normalized spacial score (nSPS) is 33.6. The van der Waals surface area contributed by atoms with Crippen molar-refractivity contribution in [2.75, 3.05) is 19.8 Å². The fourth-order valence-electron chi connectivity index (χ4n) is 1.50. The SMILES string of the molecule is CCOC1(C=O)COCC1(C)C. The summed E-state index contributed by atoms with van der Waals surface area (Å²) >= 11 is 0. The van der Waals surface area contributed by atoms with Crippen LogP contribution in [0.2, 0.25) is 0 Å². The number of carbonyl (C=O) groups is 1. The van der Waals surface area contributed by atoms with Crippen LogP contribution in [0.15, 0.2) is 0 Å². The molecule has 1 heterocycles. The third-order valence-electron chi connectivity index (χ3n) is 2.52. The fraction of sp³-hybridized carbons (Fsp3) is 0.889. The molecule has 1 fully saturated rings. The Morgan fingerprint density at radius 1 is 1.50 bits per heavy atom. The van der Waals surface area contributed by atoms with E-state index in [1.165, 1.54) is 0 Å². The molecule has 3 heteroatoms. The molecule has 0 spiro atoms. The molecule has 1 unspecified atom stereocenters. The van der Waals surface area contributed by atoms with E-state index in [-0.39, 0.29) is 5.41 Å². The molecule has 1 atom stereocenters. The molecule has 1 aliphatic heterocycles. The molecule has 1 saturated heterocycles. The number of aldehydes is 1. The first-order valence-electron chi connectivity index (χ1n) is 4.26. The van der Waals surface area contributed by atoms with Crippen molar-refractivity contribution in [3.63, 3.8) is 0 Å². The highest BCUT2D eigenvalue weighted by atomic mass is 16.6. The molecule has 0 aliphatic carbocycles. The average molecular weight is 172 g/mol. The summed E-state index contributed by atoms with van der Waals surface area (Å²) in [6.45, 7) is 7.39. The van der Waals surface area contributed by atoms with Gasteiger partial charge in [0.05, 0.1) is 13.2 Å². The highest BCUT2D eigenvalue weighted by Gasteiger charge is 2.51. The highest BCUT2D eigenvalue weighted by Crippen LogP contribution is 2.38. The van der Waals surface area contributed by atoms with E-state index in [1.54, 1.807) is 0 Å². The van der Waals surface area contributed by atoms with Crippen LogP contribution in [0.4, 0.5) is 0 Å². The van der Waals surface area contributed by atoms with Crippen molar-refractivity contribution in [3.8, 4) is 0 Å². The predicted octanol–water partition coefficient (Wildman–Crippen LogP) is 1.02. The molecular formula is C9H16O3. The fourth-order valence-corrected chi connectivity index (χ4v) is 1.50. The Morgan fingerprint density at radius 2 is 2.17 bits per heavy atom. The summed E-state index contributed by atoms with van der Waals surface area (Å²) < 4.78 is 10.7. The second kappa shape index (κ2) is 3.15. The number of hydrogen-bond donors (Lipinski definition) is 0. The van der Waals surface area contributed by atoms with Gasteiger partial charge in [0.2, 0.25) is 0 Å². The lowest BCUT2D eigenvalue weighted by molar-refractivity contribution is -0.142. The van der Waals surface area contributed by atoms with Gasteiger partial charge in [0, 0.05) is 12.0 Å². The van der Waals surface area contributed by atoms with Gasteiger partial charge in [-0.15, -0.1) is 0 Å². The monoisotopic (exact) mass is 172 g/mol. The minimum atomic E-state index is -0.720. The van der Waals surface area contributed by atoms with Crippen LogP contribution in [0, 0.1) is 5.41 Å². The van der Waals surface area contributed by atoms with E-state index in [0.29, 0.717) is 19.8 Å². The zero-order valence-electron chi connectivity index (χ0n) is 7.92. The molecule has 12 heavy (non-hydrogen) atoms. The molecule has 70 valence electrons. The molecule has 1 rings (SSSR count).